The zero-order valence-corrected chi connectivity index (χ0v) is 12.8. The number of para-hydroxylation sites is 1. The van der Waals surface area contributed by atoms with Crippen molar-refractivity contribution in [1.82, 2.24) is 0 Å². The van der Waals surface area contributed by atoms with Crippen LogP contribution in [0.2, 0.25) is 5.02 Å². The minimum atomic E-state index is -0.802. The van der Waals surface area contributed by atoms with E-state index in [9.17, 15) is 10.1 Å². The molecule has 0 fully saturated rings. The summed E-state index contributed by atoms with van der Waals surface area (Å²) >= 11 is 6.00. The van der Waals surface area contributed by atoms with Crippen LogP contribution in [0, 0.1) is 17.2 Å². The number of anilines is 1. The Morgan fingerprint density at radius 2 is 2.09 bits per heavy atom. The molecule has 1 unspecified atom stereocenters. The van der Waals surface area contributed by atoms with Gasteiger partial charge in [-0.2, -0.15) is 5.26 Å². The summed E-state index contributed by atoms with van der Waals surface area (Å²) in [6.07, 6.45) is 0.310. The van der Waals surface area contributed by atoms with Gasteiger partial charge in [0.2, 0.25) is 5.91 Å². The van der Waals surface area contributed by atoms with Gasteiger partial charge < -0.3 is 10.1 Å². The second kappa shape index (κ2) is 7.48. The number of nitriles is 1. The number of hydrogen-bond acceptors (Lipinski definition) is 3. The topological polar surface area (TPSA) is 62.1 Å². The summed E-state index contributed by atoms with van der Waals surface area (Å²) in [6, 6.07) is 16.3. The zero-order valence-electron chi connectivity index (χ0n) is 12.0. The summed E-state index contributed by atoms with van der Waals surface area (Å²) in [5.41, 5.74) is 1.36. The lowest BCUT2D eigenvalue weighted by Crippen LogP contribution is -2.23. The molecule has 5 heteroatoms. The van der Waals surface area contributed by atoms with E-state index in [4.69, 9.17) is 16.3 Å². The maximum Gasteiger partial charge on any atom is 0.242 e. The molecular formula is C17H15ClN2O2. The third-order valence-electron chi connectivity index (χ3n) is 3.18. The summed E-state index contributed by atoms with van der Waals surface area (Å²) in [4.78, 5) is 12.2. The monoisotopic (exact) mass is 314 g/mol. The van der Waals surface area contributed by atoms with E-state index in [-0.39, 0.29) is 5.91 Å². The molecule has 4 nitrogen and oxygen atoms in total. The van der Waals surface area contributed by atoms with E-state index in [1.54, 1.807) is 31.4 Å². The fourth-order valence-electron chi connectivity index (χ4n) is 2.01. The first-order chi connectivity index (χ1) is 10.6. The number of halogens is 1. The fourth-order valence-corrected chi connectivity index (χ4v) is 2.20. The van der Waals surface area contributed by atoms with Gasteiger partial charge in [0.1, 0.15) is 11.7 Å². The maximum atomic E-state index is 12.2. The van der Waals surface area contributed by atoms with E-state index in [1.165, 1.54) is 0 Å². The lowest BCUT2D eigenvalue weighted by atomic mass is 9.99. The minimum absolute atomic E-state index is 0.310. The summed E-state index contributed by atoms with van der Waals surface area (Å²) in [5.74, 6) is -0.484. The van der Waals surface area contributed by atoms with Crippen LogP contribution in [0.4, 0.5) is 5.69 Å². The van der Waals surface area contributed by atoms with Crippen LogP contribution in [-0.2, 0) is 11.2 Å². The quantitative estimate of drug-likeness (QED) is 0.916. The number of carbonyl (C=O) groups excluding carboxylic acids is 1. The normalized spacial score (nSPS) is 11.3. The first-order valence-corrected chi connectivity index (χ1v) is 7.09. The highest BCUT2D eigenvalue weighted by atomic mass is 35.5. The van der Waals surface area contributed by atoms with Crippen LogP contribution in [0.25, 0.3) is 0 Å². The predicted molar refractivity (Wildman–Crippen MR) is 85.9 cm³/mol. The second-order valence-electron chi connectivity index (χ2n) is 4.71. The fraction of sp³-hybridized carbons (Fsp3) is 0.176. The van der Waals surface area contributed by atoms with Crippen LogP contribution in [-0.4, -0.2) is 13.0 Å². The van der Waals surface area contributed by atoms with Gasteiger partial charge in [-0.15, -0.1) is 0 Å². The van der Waals surface area contributed by atoms with Crippen LogP contribution in [0.5, 0.6) is 5.75 Å². The maximum absolute atomic E-state index is 12.2. The third kappa shape index (κ3) is 4.00. The van der Waals surface area contributed by atoms with E-state index in [0.717, 1.165) is 5.56 Å². The van der Waals surface area contributed by atoms with Gasteiger partial charge in [0.15, 0.2) is 0 Å². The van der Waals surface area contributed by atoms with Gasteiger partial charge in [-0.3, -0.25) is 4.79 Å². The van der Waals surface area contributed by atoms with Crippen LogP contribution in [0.1, 0.15) is 5.56 Å². The minimum Gasteiger partial charge on any atom is -0.497 e. The Morgan fingerprint density at radius 1 is 1.32 bits per heavy atom. The van der Waals surface area contributed by atoms with Crippen molar-refractivity contribution >= 4 is 23.2 Å². The van der Waals surface area contributed by atoms with Crippen molar-refractivity contribution in [2.24, 2.45) is 5.92 Å². The average molecular weight is 315 g/mol. The lowest BCUT2D eigenvalue weighted by Gasteiger charge is -2.12. The molecule has 0 saturated carbocycles. The van der Waals surface area contributed by atoms with Crippen LogP contribution < -0.4 is 10.1 Å². The van der Waals surface area contributed by atoms with Crippen LogP contribution in [0.3, 0.4) is 0 Å². The molecule has 0 aliphatic carbocycles. The highest BCUT2D eigenvalue weighted by Gasteiger charge is 2.19. The Morgan fingerprint density at radius 3 is 2.77 bits per heavy atom. The molecule has 0 radical (unpaired) electrons. The third-order valence-corrected chi connectivity index (χ3v) is 3.51. The van der Waals surface area contributed by atoms with Gasteiger partial charge in [-0.1, -0.05) is 35.9 Å². The van der Waals surface area contributed by atoms with Crippen LogP contribution in [0.15, 0.2) is 48.5 Å². The predicted octanol–water partition coefficient (Wildman–Crippen LogP) is 3.67. The molecule has 0 spiro atoms. The molecule has 0 aliphatic heterocycles. The molecule has 112 valence electrons. The zero-order chi connectivity index (χ0) is 15.9. The van der Waals surface area contributed by atoms with E-state index in [0.29, 0.717) is 22.9 Å². The number of rotatable bonds is 5. The first kappa shape index (κ1) is 15.9. The van der Waals surface area contributed by atoms with Crippen molar-refractivity contribution in [2.45, 2.75) is 6.42 Å². The number of ether oxygens (including phenoxy) is 1. The molecule has 0 aromatic heterocycles. The van der Waals surface area contributed by atoms with E-state index < -0.39 is 5.92 Å². The lowest BCUT2D eigenvalue weighted by molar-refractivity contribution is -0.118. The number of benzene rings is 2. The Bertz CT molecular complexity index is 710. The number of nitrogens with zero attached hydrogens (tertiary/aromatic N) is 1. The van der Waals surface area contributed by atoms with Gasteiger partial charge >= 0.3 is 0 Å². The first-order valence-electron chi connectivity index (χ1n) is 6.72. The molecule has 1 N–H and O–H groups in total. The molecule has 2 rings (SSSR count). The second-order valence-corrected chi connectivity index (χ2v) is 5.11. The van der Waals surface area contributed by atoms with Crippen LogP contribution >= 0.6 is 11.6 Å². The molecule has 2 aromatic rings. The van der Waals surface area contributed by atoms with Gasteiger partial charge in [0, 0.05) is 0 Å². The van der Waals surface area contributed by atoms with Crippen molar-refractivity contribution in [3.63, 3.8) is 0 Å². The van der Waals surface area contributed by atoms with Gasteiger partial charge in [-0.25, -0.2) is 0 Å². The summed E-state index contributed by atoms with van der Waals surface area (Å²) in [5, 5.41) is 12.4. The Labute approximate surface area is 134 Å². The molecule has 2 aromatic carbocycles. The summed E-state index contributed by atoms with van der Waals surface area (Å²) in [7, 11) is 1.57. The summed E-state index contributed by atoms with van der Waals surface area (Å²) < 4.78 is 5.14. The van der Waals surface area contributed by atoms with E-state index >= 15 is 0 Å². The Balaban J connectivity index is 2.09. The van der Waals surface area contributed by atoms with Crippen molar-refractivity contribution in [3.8, 4) is 11.8 Å². The standard InChI is InChI=1S/C17H15ClN2O2/c1-22-14-6-4-5-12(10-14)9-13(11-19)17(21)20-16-8-3-2-7-15(16)18/h2-8,10,13H,9H2,1H3,(H,20,21). The molecule has 0 heterocycles. The smallest absolute Gasteiger partial charge is 0.242 e. The molecule has 1 amide bonds. The Hall–Kier alpha value is -2.51. The molecule has 0 saturated heterocycles. The molecule has 22 heavy (non-hydrogen) atoms. The highest BCUT2D eigenvalue weighted by molar-refractivity contribution is 6.33. The number of methoxy groups -OCH3 is 1. The van der Waals surface area contributed by atoms with Gasteiger partial charge in [-0.05, 0) is 36.2 Å². The Kier molecular flexibility index (Phi) is 5.40. The average Bonchev–Trinajstić information content (AvgIpc) is 2.54. The molecule has 0 bridgehead atoms. The molecular weight excluding hydrogens is 300 g/mol. The van der Waals surface area contributed by atoms with E-state index in [2.05, 4.69) is 5.32 Å². The number of amides is 1. The number of nitrogens with one attached hydrogen (secondary N) is 1. The van der Waals surface area contributed by atoms with Gasteiger partial charge in [0.25, 0.3) is 0 Å². The van der Waals surface area contributed by atoms with Crippen molar-refractivity contribution in [2.75, 3.05) is 12.4 Å². The van der Waals surface area contributed by atoms with Crippen molar-refractivity contribution in [1.29, 1.82) is 5.26 Å². The van der Waals surface area contributed by atoms with Crippen molar-refractivity contribution < 1.29 is 9.53 Å². The van der Waals surface area contributed by atoms with E-state index in [1.807, 2.05) is 30.3 Å². The number of carbonyl (C=O) groups is 1. The largest absolute Gasteiger partial charge is 0.497 e. The highest BCUT2D eigenvalue weighted by Crippen LogP contribution is 2.22. The SMILES string of the molecule is COc1cccc(CC(C#N)C(=O)Nc2ccccc2Cl)c1. The molecule has 1 atom stereocenters. The van der Waals surface area contributed by atoms with Gasteiger partial charge in [0.05, 0.1) is 23.9 Å². The number of hydrogen-bond donors (Lipinski definition) is 1. The van der Waals surface area contributed by atoms with Crippen molar-refractivity contribution in [3.05, 3.63) is 59.1 Å². The molecule has 0 aliphatic rings. The summed E-state index contributed by atoms with van der Waals surface area (Å²) in [6.45, 7) is 0.